The van der Waals surface area contributed by atoms with Crippen LogP contribution in [-0.4, -0.2) is 45.4 Å². The van der Waals surface area contributed by atoms with Crippen LogP contribution in [0.25, 0.3) is 10.8 Å². The molecule has 0 radical (unpaired) electrons. The fourth-order valence-electron chi connectivity index (χ4n) is 3.68. The highest BCUT2D eigenvalue weighted by molar-refractivity contribution is 7.91. The van der Waals surface area contributed by atoms with Gasteiger partial charge in [-0.05, 0) is 25.5 Å². The summed E-state index contributed by atoms with van der Waals surface area (Å²) in [6, 6.07) is 7.84. The van der Waals surface area contributed by atoms with Crippen LogP contribution in [-0.2, 0) is 21.2 Å². The van der Waals surface area contributed by atoms with Crippen molar-refractivity contribution in [2.45, 2.75) is 32.4 Å². The largest absolute Gasteiger partial charge is 0.311 e. The molecule has 3 aromatic rings. The summed E-state index contributed by atoms with van der Waals surface area (Å²) in [5, 5.41) is 10.1. The summed E-state index contributed by atoms with van der Waals surface area (Å²) in [5.41, 5.74) is -0.124. The minimum absolute atomic E-state index is 0.00430. The summed E-state index contributed by atoms with van der Waals surface area (Å²) in [7, 11) is -3.10. The molecule has 1 amide bonds. The third-order valence-corrected chi connectivity index (χ3v) is 6.88. The second-order valence-corrected chi connectivity index (χ2v) is 9.64. The SMILES string of the molecule is Cc1cc(NC(=O)CCn2[nH]c(=O)c3ccccc3c2=O)n(C2CCS(=O)(=O)C2)n1. The van der Waals surface area contributed by atoms with Crippen molar-refractivity contribution in [3.63, 3.8) is 0 Å². The van der Waals surface area contributed by atoms with Crippen LogP contribution in [0.3, 0.4) is 0 Å². The van der Waals surface area contributed by atoms with E-state index in [2.05, 4.69) is 15.5 Å². The van der Waals surface area contributed by atoms with Gasteiger partial charge in [0, 0.05) is 12.5 Å². The van der Waals surface area contributed by atoms with Gasteiger partial charge in [-0.1, -0.05) is 12.1 Å². The minimum atomic E-state index is -3.10. The van der Waals surface area contributed by atoms with Gasteiger partial charge < -0.3 is 5.32 Å². The monoisotopic (exact) mass is 431 g/mol. The zero-order chi connectivity index (χ0) is 21.5. The molecule has 1 aliphatic rings. The van der Waals surface area contributed by atoms with Crippen LogP contribution in [0.2, 0.25) is 0 Å². The molecule has 11 heteroatoms. The highest BCUT2D eigenvalue weighted by Gasteiger charge is 2.31. The first-order valence-electron chi connectivity index (χ1n) is 9.52. The van der Waals surface area contributed by atoms with Gasteiger partial charge in [0.2, 0.25) is 5.91 Å². The van der Waals surface area contributed by atoms with Gasteiger partial charge in [-0.3, -0.25) is 19.5 Å². The molecule has 1 aromatic carbocycles. The highest BCUT2D eigenvalue weighted by Crippen LogP contribution is 2.27. The van der Waals surface area contributed by atoms with Crippen molar-refractivity contribution in [2.24, 2.45) is 0 Å². The third-order valence-electron chi connectivity index (χ3n) is 5.13. The maximum atomic E-state index is 12.5. The van der Waals surface area contributed by atoms with E-state index in [1.807, 2.05) is 0 Å². The third kappa shape index (κ3) is 3.92. The molecule has 3 heterocycles. The van der Waals surface area contributed by atoms with Crippen molar-refractivity contribution in [3.05, 3.63) is 56.7 Å². The summed E-state index contributed by atoms with van der Waals surface area (Å²) in [6.45, 7) is 1.75. The van der Waals surface area contributed by atoms with Crippen molar-refractivity contribution < 1.29 is 13.2 Å². The number of fused-ring (bicyclic) bond motifs is 1. The number of H-pyrrole nitrogens is 1. The average molecular weight is 431 g/mol. The number of anilines is 1. The van der Waals surface area contributed by atoms with Gasteiger partial charge >= 0.3 is 0 Å². The molecular weight excluding hydrogens is 410 g/mol. The summed E-state index contributed by atoms with van der Waals surface area (Å²) >= 11 is 0. The second-order valence-electron chi connectivity index (χ2n) is 7.41. The molecule has 0 bridgehead atoms. The summed E-state index contributed by atoms with van der Waals surface area (Å²) in [6.07, 6.45) is 0.390. The summed E-state index contributed by atoms with van der Waals surface area (Å²) in [4.78, 5) is 37.2. The van der Waals surface area contributed by atoms with E-state index in [1.165, 1.54) is 0 Å². The minimum Gasteiger partial charge on any atom is -0.311 e. The molecule has 158 valence electrons. The summed E-state index contributed by atoms with van der Waals surface area (Å²) < 4.78 is 26.2. The Labute approximate surface area is 171 Å². The maximum absolute atomic E-state index is 12.5. The lowest BCUT2D eigenvalue weighted by atomic mass is 10.2. The average Bonchev–Trinajstić information content (AvgIpc) is 3.24. The standard InChI is InChI=1S/C19H21N5O5S/c1-12-10-16(24(21-12)13-7-9-30(28,29)11-13)20-17(25)6-8-23-19(27)15-5-3-2-4-14(15)18(26)22-23/h2-5,10,13H,6-9,11H2,1H3,(H,20,25)(H,22,26). The van der Waals surface area contributed by atoms with Gasteiger partial charge in [-0.25, -0.2) is 17.8 Å². The van der Waals surface area contributed by atoms with Gasteiger partial charge in [0.05, 0.1) is 40.6 Å². The molecule has 0 saturated carbocycles. The second kappa shape index (κ2) is 7.56. The van der Waals surface area contributed by atoms with Crippen molar-refractivity contribution >= 4 is 32.3 Å². The molecule has 1 aliphatic heterocycles. The Morgan fingerprint density at radius 1 is 1.27 bits per heavy atom. The molecule has 0 spiro atoms. The lowest BCUT2D eigenvalue weighted by Crippen LogP contribution is -2.31. The van der Waals surface area contributed by atoms with Crippen LogP contribution in [0.4, 0.5) is 5.82 Å². The Balaban J connectivity index is 1.49. The van der Waals surface area contributed by atoms with E-state index >= 15 is 0 Å². The van der Waals surface area contributed by atoms with Crippen LogP contribution in [0, 0.1) is 6.92 Å². The Morgan fingerprint density at radius 2 is 2.00 bits per heavy atom. The predicted molar refractivity (Wildman–Crippen MR) is 111 cm³/mol. The normalized spacial score (nSPS) is 18.0. The zero-order valence-corrected chi connectivity index (χ0v) is 17.1. The number of amides is 1. The fraction of sp³-hybridized carbons (Fsp3) is 0.368. The molecule has 1 fully saturated rings. The number of hydrogen-bond donors (Lipinski definition) is 2. The number of nitrogens with zero attached hydrogens (tertiary/aromatic N) is 3. The number of aromatic nitrogens is 4. The molecule has 30 heavy (non-hydrogen) atoms. The number of carbonyl (C=O) groups is 1. The number of benzene rings is 1. The van der Waals surface area contributed by atoms with E-state index in [-0.39, 0.29) is 47.4 Å². The first-order valence-corrected chi connectivity index (χ1v) is 11.3. The van der Waals surface area contributed by atoms with Gasteiger partial charge in [0.15, 0.2) is 9.84 Å². The van der Waals surface area contributed by atoms with Crippen LogP contribution < -0.4 is 16.4 Å². The van der Waals surface area contributed by atoms with Crippen molar-refractivity contribution in [1.82, 2.24) is 19.6 Å². The van der Waals surface area contributed by atoms with Crippen LogP contribution >= 0.6 is 0 Å². The van der Waals surface area contributed by atoms with Crippen LogP contribution in [0.15, 0.2) is 39.9 Å². The van der Waals surface area contributed by atoms with Crippen molar-refractivity contribution in [2.75, 3.05) is 16.8 Å². The summed E-state index contributed by atoms with van der Waals surface area (Å²) in [5.74, 6) is 0.129. The van der Waals surface area contributed by atoms with Crippen molar-refractivity contribution in [1.29, 1.82) is 0 Å². The molecule has 2 N–H and O–H groups in total. The van der Waals surface area contributed by atoms with Crippen LogP contribution in [0.5, 0.6) is 0 Å². The predicted octanol–water partition coefficient (Wildman–Crippen LogP) is 0.583. The molecule has 1 unspecified atom stereocenters. The molecule has 1 saturated heterocycles. The van der Waals surface area contributed by atoms with E-state index in [0.29, 0.717) is 23.3 Å². The van der Waals surface area contributed by atoms with E-state index in [4.69, 9.17) is 0 Å². The number of aromatic amines is 1. The Hall–Kier alpha value is -3.21. The molecule has 4 rings (SSSR count). The van der Waals surface area contributed by atoms with Gasteiger partial charge in [-0.15, -0.1) is 0 Å². The first-order chi connectivity index (χ1) is 14.2. The van der Waals surface area contributed by atoms with Gasteiger partial charge in [-0.2, -0.15) is 5.10 Å². The number of hydrogen-bond acceptors (Lipinski definition) is 6. The topological polar surface area (TPSA) is 136 Å². The lowest BCUT2D eigenvalue weighted by Gasteiger charge is -2.14. The number of aryl methyl sites for hydroxylation is 2. The smallest absolute Gasteiger partial charge is 0.273 e. The highest BCUT2D eigenvalue weighted by atomic mass is 32.2. The van der Waals surface area contributed by atoms with E-state index < -0.39 is 15.4 Å². The van der Waals surface area contributed by atoms with E-state index in [9.17, 15) is 22.8 Å². The molecule has 0 aliphatic carbocycles. The fourth-order valence-corrected chi connectivity index (χ4v) is 5.37. The lowest BCUT2D eigenvalue weighted by molar-refractivity contribution is -0.116. The molecule has 10 nitrogen and oxygen atoms in total. The number of rotatable bonds is 5. The Bertz CT molecular complexity index is 1350. The molecular formula is C19H21N5O5S. The van der Waals surface area contributed by atoms with Crippen LogP contribution in [0.1, 0.15) is 24.6 Å². The molecule has 1 atom stereocenters. The van der Waals surface area contributed by atoms with E-state index in [0.717, 1.165) is 4.68 Å². The Morgan fingerprint density at radius 3 is 2.70 bits per heavy atom. The number of sulfone groups is 1. The quantitative estimate of drug-likeness (QED) is 0.607. The van der Waals surface area contributed by atoms with Crippen molar-refractivity contribution in [3.8, 4) is 0 Å². The van der Waals surface area contributed by atoms with Gasteiger partial charge in [0.25, 0.3) is 11.1 Å². The Kier molecular flexibility index (Phi) is 5.06. The molecule has 2 aromatic heterocycles. The maximum Gasteiger partial charge on any atom is 0.273 e. The van der Waals surface area contributed by atoms with Gasteiger partial charge in [0.1, 0.15) is 5.82 Å². The number of carbonyl (C=O) groups excluding carboxylic acids is 1. The van der Waals surface area contributed by atoms with E-state index in [1.54, 1.807) is 41.9 Å². The zero-order valence-electron chi connectivity index (χ0n) is 16.3. The first kappa shape index (κ1) is 20.1. The number of nitrogens with one attached hydrogen (secondary N) is 2.